The second-order valence-electron chi connectivity index (χ2n) is 32.1. The Bertz CT molecular complexity index is 6000. The van der Waals surface area contributed by atoms with Crippen molar-refractivity contribution in [3.8, 4) is 33.4 Å². The minimum atomic E-state index is -0.618. The number of piperidine rings is 2. The molecule has 594 valence electrons. The van der Waals surface area contributed by atoms with Gasteiger partial charge in [-0.15, -0.1) is 0 Å². The zero-order valence-electron chi connectivity index (χ0n) is 67.1. The van der Waals surface area contributed by atoms with Gasteiger partial charge >= 0.3 is 6.09 Å². The number of aryl methyl sites for hydroxylation is 3. The molecule has 1 saturated carbocycles. The summed E-state index contributed by atoms with van der Waals surface area (Å²) in [6, 6.07) is 51.5. The molecule has 11 heterocycles. The Kier molecular flexibility index (Phi) is 23.3. The van der Waals surface area contributed by atoms with Crippen LogP contribution in [0.2, 0.25) is 0 Å². The molecule has 23 nitrogen and oxygen atoms in total. The van der Waals surface area contributed by atoms with E-state index >= 15 is 0 Å². The third-order valence-corrected chi connectivity index (χ3v) is 23.2. The highest BCUT2D eigenvalue weighted by molar-refractivity contribution is 6.00. The Morgan fingerprint density at radius 2 is 0.778 bits per heavy atom. The number of alkyl carbamates (subject to hydrolysis) is 1. The molecular weight excluding hydrogens is 1460 g/mol. The van der Waals surface area contributed by atoms with Crippen LogP contribution in [0.5, 0.6) is 0 Å². The van der Waals surface area contributed by atoms with Crippen LogP contribution in [0.25, 0.3) is 99.2 Å². The number of likely N-dealkylation sites (tertiary alicyclic amines) is 2. The van der Waals surface area contributed by atoms with Crippen LogP contribution in [0.1, 0.15) is 113 Å². The van der Waals surface area contributed by atoms with E-state index in [0.717, 1.165) is 126 Å². The maximum Gasteiger partial charge on any atom is 0.408 e. The molecule has 6 N–H and O–H groups in total. The fourth-order valence-corrected chi connectivity index (χ4v) is 17.2. The zero-order chi connectivity index (χ0) is 80.5. The van der Waals surface area contributed by atoms with Gasteiger partial charge < -0.3 is 55.2 Å². The first-order chi connectivity index (χ1) is 57.0. The Labute approximate surface area is 680 Å². The molecule has 2 aliphatic heterocycles. The van der Waals surface area contributed by atoms with Gasteiger partial charge in [-0.1, -0.05) is 73.9 Å². The van der Waals surface area contributed by atoms with Crippen LogP contribution in [0.15, 0.2) is 239 Å². The van der Waals surface area contributed by atoms with Gasteiger partial charge in [0.2, 0.25) is 11.8 Å². The van der Waals surface area contributed by atoms with Gasteiger partial charge in [0.1, 0.15) is 12.1 Å². The van der Waals surface area contributed by atoms with Crippen LogP contribution < -0.4 is 27.0 Å². The normalized spacial score (nSPS) is 15.1. The van der Waals surface area contributed by atoms with E-state index in [1.54, 1.807) is 70.3 Å². The van der Waals surface area contributed by atoms with E-state index < -0.39 is 11.7 Å². The fraction of sp³-hybridized carbons (Fsp3) is 0.298. The number of rotatable bonds is 18. The van der Waals surface area contributed by atoms with E-state index in [2.05, 4.69) is 232 Å². The molecule has 0 bridgehead atoms. The van der Waals surface area contributed by atoms with Crippen molar-refractivity contribution in [2.24, 2.45) is 44.6 Å². The number of hydrogen-bond acceptors (Lipinski definition) is 17. The van der Waals surface area contributed by atoms with Crippen LogP contribution in [0, 0.1) is 17.8 Å². The summed E-state index contributed by atoms with van der Waals surface area (Å²) in [4.78, 5) is 82.1. The molecule has 117 heavy (non-hydrogen) atoms. The number of benzene rings is 6. The van der Waals surface area contributed by atoms with Crippen LogP contribution in [0.3, 0.4) is 0 Å². The largest absolute Gasteiger partial charge is 0.444 e. The van der Waals surface area contributed by atoms with E-state index in [1.165, 1.54) is 64.9 Å². The number of fused-ring (bicyclic) bond motifs is 6. The van der Waals surface area contributed by atoms with Crippen molar-refractivity contribution in [2.45, 2.75) is 102 Å². The number of nitrogens with one attached hydrogen (secondary N) is 4. The molecule has 0 spiro atoms. The van der Waals surface area contributed by atoms with Crippen molar-refractivity contribution in [3.05, 3.63) is 255 Å². The lowest BCUT2D eigenvalue weighted by atomic mass is 9.81. The number of nitrogens with zero attached hydrogens (tertiary/aromatic N) is 14. The second kappa shape index (κ2) is 35.0. The smallest absolute Gasteiger partial charge is 0.408 e. The summed E-state index contributed by atoms with van der Waals surface area (Å²) in [5.41, 5.74) is 26.7. The highest BCUT2D eigenvalue weighted by Crippen LogP contribution is 2.43. The summed E-state index contributed by atoms with van der Waals surface area (Å²) in [6.07, 6.45) is 37.2. The van der Waals surface area contributed by atoms with E-state index in [-0.39, 0.29) is 48.9 Å². The molecule has 3 fully saturated rings. The molecule has 9 aromatic heterocycles. The summed E-state index contributed by atoms with van der Waals surface area (Å²) >= 11 is 0. The highest BCUT2D eigenvalue weighted by atomic mass is 16.6. The van der Waals surface area contributed by atoms with Crippen molar-refractivity contribution in [1.82, 2.24) is 73.7 Å². The third-order valence-electron chi connectivity index (χ3n) is 23.2. The summed E-state index contributed by atoms with van der Waals surface area (Å²) < 4.78 is 11.7. The van der Waals surface area contributed by atoms with Gasteiger partial charge in [0.05, 0.1) is 57.8 Å². The monoisotopic (exact) mass is 1560 g/mol. The van der Waals surface area contributed by atoms with Gasteiger partial charge in [-0.2, -0.15) is 0 Å². The molecule has 3 aliphatic rings. The lowest BCUT2D eigenvalue weighted by Gasteiger charge is -2.37. The number of carbonyl (C=O) groups is 3. The summed E-state index contributed by atoms with van der Waals surface area (Å²) in [7, 11) is 6.20. The maximum atomic E-state index is 12.9. The van der Waals surface area contributed by atoms with Gasteiger partial charge in [0.15, 0.2) is 0 Å². The van der Waals surface area contributed by atoms with Crippen LogP contribution in [0.4, 0.5) is 21.9 Å². The van der Waals surface area contributed by atoms with Crippen molar-refractivity contribution >= 4 is 101 Å². The first kappa shape index (κ1) is 77.9. The summed E-state index contributed by atoms with van der Waals surface area (Å²) in [6.45, 7) is 7.98. The molecule has 18 rings (SSSR count). The Morgan fingerprint density at radius 3 is 1.12 bits per heavy atom. The van der Waals surface area contributed by atoms with Crippen molar-refractivity contribution < 1.29 is 19.1 Å². The number of anilines is 3. The molecule has 6 aromatic carbocycles. The van der Waals surface area contributed by atoms with Crippen LogP contribution in [-0.4, -0.2) is 131 Å². The van der Waals surface area contributed by atoms with E-state index in [0.29, 0.717) is 38.0 Å². The quantitative estimate of drug-likeness (QED) is 0.0534. The molecule has 15 aromatic rings. The summed E-state index contributed by atoms with van der Waals surface area (Å²) in [5.74, 6) is 1.08. The van der Waals surface area contributed by atoms with Gasteiger partial charge in [-0.05, 0) is 218 Å². The Balaban J connectivity index is 0.000000133. The molecule has 0 radical (unpaired) electrons. The number of ether oxygens (including phenoxy) is 1. The Hall–Kier alpha value is -13.0. The first-order valence-electron chi connectivity index (χ1n) is 40.6. The minimum absolute atomic E-state index is 0.0160. The predicted octanol–water partition coefficient (Wildman–Crippen LogP) is 17.6. The molecule has 3 unspecified atom stereocenters. The van der Waals surface area contributed by atoms with E-state index in [1.807, 2.05) is 52.8 Å². The minimum Gasteiger partial charge on any atom is -0.444 e. The highest BCUT2D eigenvalue weighted by Gasteiger charge is 2.33. The fourth-order valence-electron chi connectivity index (χ4n) is 17.2. The van der Waals surface area contributed by atoms with Crippen LogP contribution in [-0.2, 0) is 35.5 Å². The Morgan fingerprint density at radius 1 is 0.427 bits per heavy atom. The number of carbonyl (C=O) groups excluding carboxylic acids is 3. The SMILES string of the molecule is Cn1ccc2ccc(-c3cc(NC(c4cccnc4)C4CCCCC4)cc4nccnc34)cc21.Cn1ccc2ccc(-c3cc(NC(c4cccnc4)C4CCN(C(=O)CN)CC4)cc4nccnc34)cc21.Cn1ccc2ccc(-c3cc(NC(c4cccnc4)C4CCN(C(=O)CNC(=O)OC(C)(C)C)CC4)cc4nccnc34)cc21. The van der Waals surface area contributed by atoms with Gasteiger partial charge in [0, 0.05) is 191 Å². The third kappa shape index (κ3) is 17.9. The maximum absolute atomic E-state index is 12.9. The van der Waals surface area contributed by atoms with Gasteiger partial charge in [0.25, 0.3) is 0 Å². The van der Waals surface area contributed by atoms with Crippen molar-refractivity contribution in [1.29, 1.82) is 0 Å². The average Bonchev–Trinajstić information content (AvgIpc) is 1.76. The standard InChI is InChI=1S/C35H39N7O3.C30H31N7O.C29H29N5/c1-35(2,3)45-34(44)39-22-31(43)42-16-10-24(11-17-42)32(26-6-5-12-36-21-26)40-27-19-28(33-29(20-27)37-13-14-38-33)25-8-7-23-9-15-41(4)30(23)18-25;1-36-12-6-20-4-5-22(15-27(20)36)25-16-24(17-26-30(25)34-11-10-33-26)35-29(23-3-2-9-32-19-23)21-7-13-37(14-8-21)28(38)18-31;1-34-15-11-20-9-10-22(16-27(20)34)25-17-24(18-26-29(25)32-14-13-31-26)33-28(21-6-3-2-4-7-21)23-8-5-12-30-19-23/h5-9,12-15,18-21,24,32,40H,10-11,16-17,22H2,1-4H3,(H,39,44);2-6,9-12,15-17,19,21,29,35H,7-8,13-14,18,31H2,1H3;5,8-19,21,28,33H,2-4,6-7H2,1H3. The first-order valence-corrected chi connectivity index (χ1v) is 40.6. The summed E-state index contributed by atoms with van der Waals surface area (Å²) in [5, 5.41) is 17.8. The second-order valence-corrected chi connectivity index (χ2v) is 32.1. The van der Waals surface area contributed by atoms with Crippen LogP contribution >= 0.6 is 0 Å². The zero-order valence-corrected chi connectivity index (χ0v) is 67.1. The predicted molar refractivity (Wildman–Crippen MR) is 465 cm³/mol. The van der Waals surface area contributed by atoms with Gasteiger partial charge in [-0.3, -0.25) is 54.4 Å². The lowest BCUT2D eigenvalue weighted by molar-refractivity contribution is -0.132. The molecule has 23 heteroatoms. The topological polar surface area (TPSA) is 272 Å². The molecule has 3 atom stereocenters. The number of hydrogen-bond donors (Lipinski definition) is 5. The number of aromatic nitrogens is 12. The number of nitrogens with two attached hydrogens (primary N) is 1. The number of pyridine rings is 3. The molecule has 3 amide bonds. The average molecular weight is 1560 g/mol. The molecule has 1 aliphatic carbocycles. The lowest BCUT2D eigenvalue weighted by Crippen LogP contribution is -2.46. The molecule has 2 saturated heterocycles. The molecular formula is C94H99N19O4. The van der Waals surface area contributed by atoms with Crippen molar-refractivity contribution in [2.75, 3.05) is 55.2 Å². The van der Waals surface area contributed by atoms with E-state index in [9.17, 15) is 14.4 Å². The van der Waals surface area contributed by atoms with Crippen molar-refractivity contribution in [3.63, 3.8) is 0 Å². The van der Waals surface area contributed by atoms with Gasteiger partial charge in [-0.25, -0.2) is 4.79 Å². The van der Waals surface area contributed by atoms with E-state index in [4.69, 9.17) is 25.4 Å². The number of amides is 3.